The van der Waals surface area contributed by atoms with E-state index in [1.165, 1.54) is 0 Å². The fourth-order valence-corrected chi connectivity index (χ4v) is 5.04. The quantitative estimate of drug-likeness (QED) is 0.398. The first kappa shape index (κ1) is 26.5. The summed E-state index contributed by atoms with van der Waals surface area (Å²) in [7, 11) is 0. The summed E-state index contributed by atoms with van der Waals surface area (Å²) in [6.45, 7) is 2.82. The van der Waals surface area contributed by atoms with Crippen LogP contribution in [0.15, 0.2) is 91.0 Å². The van der Waals surface area contributed by atoms with Crippen LogP contribution >= 0.6 is 0 Å². The number of rotatable bonds is 10. The summed E-state index contributed by atoms with van der Waals surface area (Å²) in [5.74, 6) is -2.63. The average molecular weight is 519 g/mol. The Balaban J connectivity index is 1.40. The molecule has 0 spiro atoms. The van der Waals surface area contributed by atoms with Gasteiger partial charge in [-0.05, 0) is 16.7 Å². The number of carbonyl (C=O) groups is 1. The zero-order valence-electron chi connectivity index (χ0n) is 21.5. The van der Waals surface area contributed by atoms with Gasteiger partial charge in [-0.15, -0.1) is 0 Å². The minimum Gasteiger partial charge on any atom is -0.453 e. The fraction of sp³-hybridized carbons (Fsp3) is 0.387. The lowest BCUT2D eigenvalue weighted by atomic mass is 9.84. The van der Waals surface area contributed by atoms with E-state index in [0.29, 0.717) is 13.2 Å². The molecule has 200 valence electrons. The van der Waals surface area contributed by atoms with E-state index in [1.54, 1.807) is 6.92 Å². The predicted molar refractivity (Wildman–Crippen MR) is 140 cm³/mol. The molecule has 0 aliphatic carbocycles. The Morgan fingerprint density at radius 1 is 0.789 bits per heavy atom. The van der Waals surface area contributed by atoms with Crippen molar-refractivity contribution < 1.29 is 33.6 Å². The second-order valence-electron chi connectivity index (χ2n) is 9.99. The third kappa shape index (κ3) is 6.31. The molecule has 1 unspecified atom stereocenters. The number of hydrogen-bond acceptors (Lipinski definition) is 7. The molecule has 7 heteroatoms. The molecule has 2 aliphatic heterocycles. The highest BCUT2D eigenvalue weighted by molar-refractivity contribution is 5.73. The first-order valence-electron chi connectivity index (χ1n) is 13.1. The van der Waals surface area contributed by atoms with Crippen molar-refractivity contribution in [2.75, 3.05) is 6.61 Å². The standard InChI is InChI=1S/C31H34O7/c1-22-17-31(33)29(37-30(22)32)28(36-20-25-15-9-4-10-16-25)27(35-19-24-13-7-3-8-14-24)26(38-31)21-34-18-23-11-5-2-6-12-23/h2-16,22,26-29,33H,17-21H2,1H3/t22?,26-,27+,28+,29-,31+/m1/s1. The van der Waals surface area contributed by atoms with Crippen LogP contribution < -0.4 is 0 Å². The van der Waals surface area contributed by atoms with Crippen LogP contribution in [0.3, 0.4) is 0 Å². The Morgan fingerprint density at radius 3 is 1.84 bits per heavy atom. The van der Waals surface area contributed by atoms with Crippen LogP contribution in [0.4, 0.5) is 0 Å². The molecule has 0 radical (unpaired) electrons. The van der Waals surface area contributed by atoms with Crippen LogP contribution in [0.2, 0.25) is 0 Å². The van der Waals surface area contributed by atoms with Crippen molar-refractivity contribution >= 4 is 5.97 Å². The van der Waals surface area contributed by atoms with Gasteiger partial charge in [0.05, 0.1) is 32.3 Å². The average Bonchev–Trinajstić information content (AvgIpc) is 2.94. The van der Waals surface area contributed by atoms with Crippen LogP contribution in [0, 0.1) is 5.92 Å². The largest absolute Gasteiger partial charge is 0.453 e. The van der Waals surface area contributed by atoms with E-state index in [-0.39, 0.29) is 19.6 Å². The molecule has 7 nitrogen and oxygen atoms in total. The molecule has 3 aromatic rings. The maximum atomic E-state index is 12.6. The zero-order chi connectivity index (χ0) is 26.4. The van der Waals surface area contributed by atoms with Gasteiger partial charge in [0.1, 0.15) is 18.3 Å². The van der Waals surface area contributed by atoms with Gasteiger partial charge in [0.15, 0.2) is 6.10 Å². The molecular formula is C31H34O7. The van der Waals surface area contributed by atoms with E-state index in [4.69, 9.17) is 23.7 Å². The molecule has 38 heavy (non-hydrogen) atoms. The molecule has 3 aromatic carbocycles. The van der Waals surface area contributed by atoms with Gasteiger partial charge in [-0.25, -0.2) is 0 Å². The van der Waals surface area contributed by atoms with Crippen molar-refractivity contribution in [1.29, 1.82) is 0 Å². The summed E-state index contributed by atoms with van der Waals surface area (Å²) >= 11 is 0. The molecule has 0 amide bonds. The van der Waals surface area contributed by atoms with Gasteiger partial charge in [-0.2, -0.15) is 0 Å². The van der Waals surface area contributed by atoms with Crippen molar-refractivity contribution in [2.45, 2.75) is 63.4 Å². The molecule has 2 aliphatic rings. The zero-order valence-corrected chi connectivity index (χ0v) is 21.5. The third-order valence-corrected chi connectivity index (χ3v) is 7.00. The highest BCUT2D eigenvalue weighted by atomic mass is 16.7. The Labute approximate surface area is 223 Å². The highest BCUT2D eigenvalue weighted by Crippen LogP contribution is 2.41. The van der Waals surface area contributed by atoms with E-state index in [9.17, 15) is 9.90 Å². The molecule has 2 fully saturated rings. The highest BCUT2D eigenvalue weighted by Gasteiger charge is 2.60. The number of benzene rings is 3. The lowest BCUT2D eigenvalue weighted by Crippen LogP contribution is -2.69. The van der Waals surface area contributed by atoms with Crippen molar-refractivity contribution in [3.63, 3.8) is 0 Å². The summed E-state index contributed by atoms with van der Waals surface area (Å²) < 4.78 is 30.9. The van der Waals surface area contributed by atoms with E-state index in [2.05, 4.69) is 0 Å². The SMILES string of the molecule is CC1C[C@]2(O)O[C@H](COCc3ccccc3)[C@H](OCc3ccccc3)[C@H](OCc3ccccc3)[C@H]2OC1=O. The third-order valence-electron chi connectivity index (χ3n) is 7.00. The second-order valence-corrected chi connectivity index (χ2v) is 9.99. The normalized spacial score (nSPS) is 28.9. The maximum absolute atomic E-state index is 12.6. The van der Waals surface area contributed by atoms with Crippen molar-refractivity contribution in [1.82, 2.24) is 0 Å². The predicted octanol–water partition coefficient (Wildman–Crippen LogP) is 4.41. The van der Waals surface area contributed by atoms with E-state index < -0.39 is 42.1 Å². The van der Waals surface area contributed by atoms with Crippen LogP contribution in [-0.2, 0) is 48.3 Å². The molecule has 1 N–H and O–H groups in total. The summed E-state index contributed by atoms with van der Waals surface area (Å²) in [5.41, 5.74) is 2.96. The lowest BCUT2D eigenvalue weighted by molar-refractivity contribution is -0.376. The lowest BCUT2D eigenvalue weighted by Gasteiger charge is -2.52. The molecule has 6 atom stereocenters. The number of ether oxygens (including phenoxy) is 5. The second kappa shape index (κ2) is 12.2. The van der Waals surface area contributed by atoms with Crippen LogP contribution in [0.25, 0.3) is 0 Å². The minimum atomic E-state index is -1.72. The van der Waals surface area contributed by atoms with Gasteiger partial charge in [0, 0.05) is 6.42 Å². The number of fused-ring (bicyclic) bond motifs is 1. The smallest absolute Gasteiger partial charge is 0.309 e. The monoisotopic (exact) mass is 518 g/mol. The molecule has 2 saturated heterocycles. The first-order chi connectivity index (χ1) is 18.5. The molecule has 2 heterocycles. The van der Waals surface area contributed by atoms with Gasteiger partial charge in [-0.1, -0.05) is 97.9 Å². The van der Waals surface area contributed by atoms with Gasteiger partial charge in [0.25, 0.3) is 0 Å². The number of hydrogen-bond donors (Lipinski definition) is 1. The maximum Gasteiger partial charge on any atom is 0.309 e. The van der Waals surface area contributed by atoms with Crippen molar-refractivity contribution in [2.24, 2.45) is 5.92 Å². The van der Waals surface area contributed by atoms with E-state index >= 15 is 0 Å². The molecule has 0 aromatic heterocycles. The summed E-state index contributed by atoms with van der Waals surface area (Å²) in [4.78, 5) is 12.6. The van der Waals surface area contributed by atoms with Gasteiger partial charge >= 0.3 is 5.97 Å². The molecule has 0 saturated carbocycles. The topological polar surface area (TPSA) is 83.5 Å². The molecular weight excluding hydrogens is 484 g/mol. The van der Waals surface area contributed by atoms with Gasteiger partial charge in [-0.3, -0.25) is 4.79 Å². The Hall–Kier alpha value is -3.07. The fourth-order valence-electron chi connectivity index (χ4n) is 5.04. The van der Waals surface area contributed by atoms with Crippen LogP contribution in [0.1, 0.15) is 30.0 Å². The van der Waals surface area contributed by atoms with Crippen molar-refractivity contribution in [3.8, 4) is 0 Å². The Bertz CT molecular complexity index is 1160. The summed E-state index contributed by atoms with van der Waals surface area (Å²) in [6, 6.07) is 29.4. The molecule has 0 bridgehead atoms. The number of carbonyl (C=O) groups excluding carboxylic acids is 1. The van der Waals surface area contributed by atoms with Crippen molar-refractivity contribution in [3.05, 3.63) is 108 Å². The van der Waals surface area contributed by atoms with Crippen LogP contribution in [-0.4, -0.2) is 47.9 Å². The van der Waals surface area contributed by atoms with Gasteiger partial charge in [0.2, 0.25) is 5.79 Å². The van der Waals surface area contributed by atoms with E-state index in [0.717, 1.165) is 16.7 Å². The number of esters is 1. The Morgan fingerprint density at radius 2 is 1.29 bits per heavy atom. The van der Waals surface area contributed by atoms with Crippen LogP contribution in [0.5, 0.6) is 0 Å². The molecule has 5 rings (SSSR count). The summed E-state index contributed by atoms with van der Waals surface area (Å²) in [6.07, 6.45) is -3.04. The van der Waals surface area contributed by atoms with E-state index in [1.807, 2.05) is 91.0 Å². The summed E-state index contributed by atoms with van der Waals surface area (Å²) in [5, 5.41) is 11.6. The minimum absolute atomic E-state index is 0.0995. The Kier molecular flexibility index (Phi) is 8.51. The first-order valence-corrected chi connectivity index (χ1v) is 13.1. The van der Waals surface area contributed by atoms with Gasteiger partial charge < -0.3 is 28.8 Å². The number of aliphatic hydroxyl groups is 1.